The van der Waals surface area contributed by atoms with Crippen LogP contribution in [0.2, 0.25) is 0 Å². The van der Waals surface area contributed by atoms with E-state index in [2.05, 4.69) is 32.7 Å². The van der Waals surface area contributed by atoms with E-state index in [0.717, 1.165) is 20.9 Å². The average molecular weight is 446 g/mol. The highest BCUT2D eigenvalue weighted by atomic mass is 32.2. The number of hydrogen-bond acceptors (Lipinski definition) is 7. The van der Waals surface area contributed by atoms with Crippen LogP contribution in [0, 0.1) is 0 Å². The minimum atomic E-state index is -3.43. The van der Waals surface area contributed by atoms with Gasteiger partial charge in [-0.3, -0.25) is 9.55 Å². The van der Waals surface area contributed by atoms with Gasteiger partial charge in [-0.15, -0.1) is 11.8 Å². The Kier molecular flexibility index (Phi) is 9.12. The standard InChI is InChI=1S/C20H32NO4PS2/c1-7-23-26(22,24-8-2)18-16(15-11-10-12-21-14-15)13-17(25-20(4,5)6)28-19(18)27-9-3/h10-12,14,16-17H,7-9,13H2,1-6H3/t16-,17-/m0/s1. The van der Waals surface area contributed by atoms with E-state index in [-0.39, 0.29) is 17.0 Å². The minimum Gasteiger partial charge on any atom is -0.362 e. The summed E-state index contributed by atoms with van der Waals surface area (Å²) in [5.41, 5.74) is 0.703. The van der Waals surface area contributed by atoms with Crippen molar-refractivity contribution in [1.82, 2.24) is 4.98 Å². The van der Waals surface area contributed by atoms with Gasteiger partial charge < -0.3 is 13.8 Å². The van der Waals surface area contributed by atoms with Crippen LogP contribution in [0.5, 0.6) is 0 Å². The zero-order valence-electron chi connectivity index (χ0n) is 17.6. The first kappa shape index (κ1) is 24.0. The predicted octanol–water partition coefficient (Wildman–Crippen LogP) is 6.63. The summed E-state index contributed by atoms with van der Waals surface area (Å²) in [6, 6.07) is 3.94. The molecular weight excluding hydrogens is 413 g/mol. The molecule has 1 aromatic heterocycles. The fraction of sp³-hybridized carbons (Fsp3) is 0.650. The third kappa shape index (κ3) is 6.35. The SMILES string of the molecule is CCOP(=O)(OCC)C1=C(SCC)S[C@H](OC(C)(C)C)C[C@H]1c1cccnc1. The predicted molar refractivity (Wildman–Crippen MR) is 120 cm³/mol. The molecular formula is C20H32NO4PS2. The van der Waals surface area contributed by atoms with E-state index in [9.17, 15) is 4.57 Å². The first-order valence-corrected chi connectivity index (χ1v) is 13.2. The second-order valence-corrected chi connectivity index (χ2v) is 12.0. The Morgan fingerprint density at radius 2 is 1.93 bits per heavy atom. The van der Waals surface area contributed by atoms with E-state index < -0.39 is 7.60 Å². The molecule has 0 aromatic carbocycles. The number of hydrogen-bond donors (Lipinski definition) is 0. The van der Waals surface area contributed by atoms with Crippen molar-refractivity contribution in [1.29, 1.82) is 0 Å². The Hall–Kier alpha value is -0.300. The van der Waals surface area contributed by atoms with Gasteiger partial charge in [0.25, 0.3) is 0 Å². The monoisotopic (exact) mass is 445 g/mol. The van der Waals surface area contributed by atoms with Crippen molar-refractivity contribution in [3.8, 4) is 0 Å². The van der Waals surface area contributed by atoms with Crippen LogP contribution < -0.4 is 0 Å². The Labute approximate surface area is 177 Å². The molecule has 2 rings (SSSR count). The summed E-state index contributed by atoms with van der Waals surface area (Å²) in [5, 5.41) is 0.759. The molecule has 0 spiro atoms. The molecule has 0 fully saturated rings. The van der Waals surface area contributed by atoms with Crippen LogP contribution in [0.25, 0.3) is 0 Å². The molecule has 8 heteroatoms. The number of ether oxygens (including phenoxy) is 1. The van der Waals surface area contributed by atoms with Crippen LogP contribution >= 0.6 is 31.1 Å². The maximum absolute atomic E-state index is 13.8. The van der Waals surface area contributed by atoms with Crippen molar-refractivity contribution in [3.05, 3.63) is 39.6 Å². The van der Waals surface area contributed by atoms with Crippen molar-refractivity contribution in [2.45, 2.75) is 64.9 Å². The number of thioether (sulfide) groups is 2. The molecule has 28 heavy (non-hydrogen) atoms. The van der Waals surface area contributed by atoms with Crippen molar-refractivity contribution in [2.75, 3.05) is 19.0 Å². The Morgan fingerprint density at radius 3 is 2.43 bits per heavy atom. The third-order valence-corrected chi connectivity index (χ3v) is 8.97. The summed E-state index contributed by atoms with van der Waals surface area (Å²) in [5.74, 6) is 0.742. The number of pyridine rings is 1. The van der Waals surface area contributed by atoms with Crippen molar-refractivity contribution < 1.29 is 18.3 Å². The molecule has 0 radical (unpaired) electrons. The quantitative estimate of drug-likeness (QED) is 0.395. The molecule has 0 amide bonds. The summed E-state index contributed by atoms with van der Waals surface area (Å²) in [6.07, 6.45) is 4.28. The smallest absolute Gasteiger partial charge is 0.359 e. The molecule has 1 aliphatic rings. The van der Waals surface area contributed by atoms with Gasteiger partial charge in [0.05, 0.1) is 28.4 Å². The Morgan fingerprint density at radius 1 is 1.25 bits per heavy atom. The van der Waals surface area contributed by atoms with Gasteiger partial charge in [-0.05, 0) is 58.4 Å². The highest BCUT2D eigenvalue weighted by Crippen LogP contribution is 2.67. The van der Waals surface area contributed by atoms with Crippen LogP contribution in [0.4, 0.5) is 0 Å². The molecule has 0 aliphatic carbocycles. The molecule has 0 N–H and O–H groups in total. The second-order valence-electron chi connectivity index (χ2n) is 7.29. The van der Waals surface area contributed by atoms with Crippen LogP contribution in [0.1, 0.15) is 59.4 Å². The van der Waals surface area contributed by atoms with Gasteiger partial charge in [0.15, 0.2) is 0 Å². The van der Waals surface area contributed by atoms with Crippen LogP contribution in [-0.2, 0) is 18.3 Å². The summed E-state index contributed by atoms with van der Waals surface area (Å²) in [4.78, 5) is 4.29. The average Bonchev–Trinajstić information content (AvgIpc) is 2.61. The highest BCUT2D eigenvalue weighted by Gasteiger charge is 2.44. The van der Waals surface area contributed by atoms with Gasteiger partial charge in [0.2, 0.25) is 0 Å². The molecule has 158 valence electrons. The first-order chi connectivity index (χ1) is 13.2. The lowest BCUT2D eigenvalue weighted by molar-refractivity contribution is -0.0233. The maximum Gasteiger partial charge on any atom is 0.359 e. The lowest BCUT2D eigenvalue weighted by Gasteiger charge is -2.37. The molecule has 2 heterocycles. The van der Waals surface area contributed by atoms with Crippen LogP contribution in [-0.4, -0.2) is 35.0 Å². The van der Waals surface area contributed by atoms with Crippen LogP contribution in [0.3, 0.4) is 0 Å². The first-order valence-electron chi connectivity index (χ1n) is 9.75. The summed E-state index contributed by atoms with van der Waals surface area (Å²) >= 11 is 3.31. The normalized spacial score (nSPS) is 21.2. The van der Waals surface area contributed by atoms with Crippen molar-refractivity contribution in [3.63, 3.8) is 0 Å². The maximum atomic E-state index is 13.8. The lowest BCUT2D eigenvalue weighted by atomic mass is 9.97. The van der Waals surface area contributed by atoms with E-state index in [1.54, 1.807) is 29.7 Å². The van der Waals surface area contributed by atoms with Gasteiger partial charge in [0, 0.05) is 18.3 Å². The number of rotatable bonds is 9. The molecule has 1 aliphatic heterocycles. The zero-order valence-corrected chi connectivity index (χ0v) is 20.2. The van der Waals surface area contributed by atoms with Gasteiger partial charge in [0.1, 0.15) is 5.44 Å². The van der Waals surface area contributed by atoms with Gasteiger partial charge in [-0.1, -0.05) is 24.8 Å². The Bertz CT molecular complexity index is 696. The lowest BCUT2D eigenvalue weighted by Crippen LogP contribution is -2.29. The number of nitrogens with zero attached hydrogens (tertiary/aromatic N) is 1. The minimum absolute atomic E-state index is 0.0419. The number of aromatic nitrogens is 1. The summed E-state index contributed by atoms with van der Waals surface area (Å²) < 4.78 is 32.7. The van der Waals surface area contributed by atoms with E-state index in [1.807, 2.05) is 32.2 Å². The summed E-state index contributed by atoms with van der Waals surface area (Å²) in [7, 11) is -3.43. The molecule has 2 atom stereocenters. The molecule has 0 saturated carbocycles. The topological polar surface area (TPSA) is 57.7 Å². The fourth-order valence-corrected chi connectivity index (χ4v) is 8.62. The van der Waals surface area contributed by atoms with Gasteiger partial charge in [-0.2, -0.15) is 0 Å². The van der Waals surface area contributed by atoms with Crippen molar-refractivity contribution >= 4 is 31.1 Å². The Balaban J connectivity index is 2.59. The fourth-order valence-electron chi connectivity index (χ4n) is 3.07. The highest BCUT2D eigenvalue weighted by molar-refractivity contribution is 8.22. The molecule has 0 saturated heterocycles. The van der Waals surface area contributed by atoms with Gasteiger partial charge in [-0.25, -0.2) is 0 Å². The molecule has 0 unspecified atom stereocenters. The molecule has 0 bridgehead atoms. The van der Waals surface area contributed by atoms with E-state index in [4.69, 9.17) is 13.8 Å². The largest absolute Gasteiger partial charge is 0.362 e. The van der Waals surface area contributed by atoms with E-state index in [1.165, 1.54) is 0 Å². The van der Waals surface area contributed by atoms with E-state index in [0.29, 0.717) is 19.6 Å². The van der Waals surface area contributed by atoms with E-state index >= 15 is 0 Å². The van der Waals surface area contributed by atoms with Gasteiger partial charge >= 0.3 is 7.60 Å². The third-order valence-electron chi connectivity index (χ3n) is 3.95. The summed E-state index contributed by atoms with van der Waals surface area (Å²) in [6.45, 7) is 12.6. The van der Waals surface area contributed by atoms with Crippen LogP contribution in [0.15, 0.2) is 34.1 Å². The second kappa shape index (κ2) is 10.6. The number of allylic oxidation sites excluding steroid dienone is 1. The molecule has 5 nitrogen and oxygen atoms in total. The zero-order chi connectivity index (χ0) is 20.8. The van der Waals surface area contributed by atoms with Crippen molar-refractivity contribution in [2.24, 2.45) is 0 Å². The molecule has 1 aromatic rings.